The second kappa shape index (κ2) is 17.2. The van der Waals surface area contributed by atoms with Gasteiger partial charge >= 0.3 is 0 Å². The van der Waals surface area contributed by atoms with Gasteiger partial charge in [-0.3, -0.25) is 0 Å². The third-order valence-electron chi connectivity index (χ3n) is 13.6. The smallest absolute Gasteiger partial charge is 0.0547 e. The van der Waals surface area contributed by atoms with Gasteiger partial charge in [-0.1, -0.05) is 176 Å². The molecular weight excluding hydrogens is 853 g/mol. The van der Waals surface area contributed by atoms with E-state index in [1.807, 2.05) is 11.3 Å². The van der Waals surface area contributed by atoms with Crippen LogP contribution >= 0.6 is 11.3 Å². The Morgan fingerprint density at radius 1 is 0.275 bits per heavy atom. The summed E-state index contributed by atoms with van der Waals surface area (Å²) >= 11 is 1.87. The standard InChI is InChI=1S/C66H44N2S/c1-4-15-45(16-5-1)47-27-34-55(35-28-47)67(56-36-29-48(30-37-56)46-17-6-2-7-18-46)57-38-31-49(32-39-57)51-41-52(50-33-40-60-59-21-11-13-26-64(59)69-65(60)44-50)43-53(42-51)58-23-14-25-63-66(58)61-22-10-12-24-62(61)68(63)54-19-8-3-9-20-54/h1-44H. The molecule has 13 rings (SSSR count). The van der Waals surface area contributed by atoms with Crippen molar-refractivity contribution in [2.75, 3.05) is 4.90 Å². The van der Waals surface area contributed by atoms with E-state index in [4.69, 9.17) is 0 Å². The molecule has 0 atom stereocenters. The first-order chi connectivity index (χ1) is 34.2. The summed E-state index contributed by atoms with van der Waals surface area (Å²) in [6, 6.07) is 97.4. The van der Waals surface area contributed by atoms with E-state index in [1.54, 1.807) is 0 Å². The molecule has 0 aliphatic heterocycles. The molecule has 2 heterocycles. The van der Waals surface area contributed by atoms with Crippen LogP contribution in [-0.2, 0) is 0 Å². The number of hydrogen-bond acceptors (Lipinski definition) is 2. The summed E-state index contributed by atoms with van der Waals surface area (Å²) in [7, 11) is 0. The number of anilines is 3. The number of fused-ring (bicyclic) bond motifs is 6. The van der Waals surface area contributed by atoms with E-state index in [0.29, 0.717) is 0 Å². The van der Waals surface area contributed by atoms with Crippen LogP contribution in [0.15, 0.2) is 267 Å². The first-order valence-electron chi connectivity index (χ1n) is 23.6. The highest BCUT2D eigenvalue weighted by Crippen LogP contribution is 2.44. The van der Waals surface area contributed by atoms with Crippen LogP contribution in [0.4, 0.5) is 17.1 Å². The van der Waals surface area contributed by atoms with Crippen LogP contribution in [0.5, 0.6) is 0 Å². The third kappa shape index (κ3) is 7.37. The first kappa shape index (κ1) is 40.5. The molecule has 0 spiro atoms. The predicted molar refractivity (Wildman–Crippen MR) is 296 cm³/mol. The Balaban J connectivity index is 0.957. The van der Waals surface area contributed by atoms with E-state index in [2.05, 4.69) is 276 Å². The van der Waals surface area contributed by atoms with E-state index in [-0.39, 0.29) is 0 Å². The van der Waals surface area contributed by atoms with Gasteiger partial charge in [0.05, 0.1) is 11.0 Å². The normalized spacial score (nSPS) is 11.5. The lowest BCUT2D eigenvalue weighted by atomic mass is 9.91. The number of nitrogens with zero attached hydrogens (tertiary/aromatic N) is 2. The van der Waals surface area contributed by atoms with Crippen molar-refractivity contribution >= 4 is 70.4 Å². The molecule has 0 aliphatic carbocycles. The summed E-state index contributed by atoms with van der Waals surface area (Å²) in [4.78, 5) is 2.36. The summed E-state index contributed by atoms with van der Waals surface area (Å²) in [5.74, 6) is 0. The molecule has 2 aromatic heterocycles. The molecular formula is C66H44N2S. The Kier molecular flexibility index (Phi) is 10.1. The lowest BCUT2D eigenvalue weighted by Gasteiger charge is -2.26. The van der Waals surface area contributed by atoms with Crippen molar-refractivity contribution in [3.8, 4) is 61.3 Å². The highest BCUT2D eigenvalue weighted by Gasteiger charge is 2.19. The molecule has 0 amide bonds. The summed E-state index contributed by atoms with van der Waals surface area (Å²) in [5, 5.41) is 5.11. The second-order valence-electron chi connectivity index (χ2n) is 17.7. The van der Waals surface area contributed by atoms with Gasteiger partial charge < -0.3 is 9.47 Å². The highest BCUT2D eigenvalue weighted by molar-refractivity contribution is 7.25. The summed E-state index contributed by atoms with van der Waals surface area (Å²) in [6.07, 6.45) is 0. The topological polar surface area (TPSA) is 8.17 Å². The molecule has 0 saturated carbocycles. The fourth-order valence-corrected chi connectivity index (χ4v) is 11.4. The van der Waals surface area contributed by atoms with Crippen LogP contribution in [-0.4, -0.2) is 4.57 Å². The van der Waals surface area contributed by atoms with Gasteiger partial charge in [-0.15, -0.1) is 11.3 Å². The van der Waals surface area contributed by atoms with Gasteiger partial charge in [-0.25, -0.2) is 0 Å². The molecule has 3 heteroatoms. The number of aromatic nitrogens is 1. The van der Waals surface area contributed by atoms with E-state index >= 15 is 0 Å². The Morgan fingerprint density at radius 3 is 1.35 bits per heavy atom. The van der Waals surface area contributed by atoms with Crippen molar-refractivity contribution in [2.24, 2.45) is 0 Å². The van der Waals surface area contributed by atoms with Crippen LogP contribution in [0.1, 0.15) is 0 Å². The van der Waals surface area contributed by atoms with Gasteiger partial charge in [0.25, 0.3) is 0 Å². The van der Waals surface area contributed by atoms with E-state index in [9.17, 15) is 0 Å². The van der Waals surface area contributed by atoms with Crippen LogP contribution in [0.25, 0.3) is 103 Å². The number of benzene rings is 11. The van der Waals surface area contributed by atoms with Crippen molar-refractivity contribution in [1.82, 2.24) is 4.57 Å². The average molecular weight is 897 g/mol. The minimum absolute atomic E-state index is 1.09. The summed E-state index contributed by atoms with van der Waals surface area (Å²) < 4.78 is 5.02. The molecule has 0 aliphatic rings. The van der Waals surface area contributed by atoms with Crippen molar-refractivity contribution in [3.63, 3.8) is 0 Å². The van der Waals surface area contributed by atoms with E-state index < -0.39 is 0 Å². The lowest BCUT2D eigenvalue weighted by molar-refractivity contribution is 1.18. The van der Waals surface area contributed by atoms with Gasteiger partial charge in [0.1, 0.15) is 0 Å². The average Bonchev–Trinajstić information content (AvgIpc) is 3.98. The summed E-state index contributed by atoms with van der Waals surface area (Å²) in [5.41, 5.74) is 18.7. The van der Waals surface area contributed by atoms with Crippen molar-refractivity contribution in [2.45, 2.75) is 0 Å². The molecule has 11 aromatic carbocycles. The van der Waals surface area contributed by atoms with E-state index in [1.165, 1.54) is 92.0 Å². The zero-order chi connectivity index (χ0) is 45.7. The summed E-state index contributed by atoms with van der Waals surface area (Å²) in [6.45, 7) is 0. The highest BCUT2D eigenvalue weighted by atomic mass is 32.1. The fraction of sp³-hybridized carbons (Fsp3) is 0. The van der Waals surface area contributed by atoms with Gasteiger partial charge in [0, 0.05) is 53.7 Å². The maximum Gasteiger partial charge on any atom is 0.0547 e. The zero-order valence-corrected chi connectivity index (χ0v) is 38.5. The molecule has 13 aromatic rings. The Morgan fingerprint density at radius 2 is 0.725 bits per heavy atom. The van der Waals surface area contributed by atoms with E-state index in [0.717, 1.165) is 28.3 Å². The van der Waals surface area contributed by atoms with Crippen LogP contribution in [0.3, 0.4) is 0 Å². The zero-order valence-electron chi connectivity index (χ0n) is 37.7. The lowest BCUT2D eigenvalue weighted by Crippen LogP contribution is -2.09. The monoisotopic (exact) mass is 896 g/mol. The van der Waals surface area contributed by atoms with Gasteiger partial charge in [-0.2, -0.15) is 0 Å². The van der Waals surface area contributed by atoms with Crippen molar-refractivity contribution in [1.29, 1.82) is 0 Å². The fourth-order valence-electron chi connectivity index (χ4n) is 10.3. The van der Waals surface area contributed by atoms with Crippen LogP contribution < -0.4 is 4.90 Å². The Hall–Kier alpha value is -8.76. The molecule has 0 saturated heterocycles. The van der Waals surface area contributed by atoms with Crippen molar-refractivity contribution in [3.05, 3.63) is 267 Å². The molecule has 0 radical (unpaired) electrons. The minimum atomic E-state index is 1.09. The second-order valence-corrected chi connectivity index (χ2v) is 18.8. The maximum absolute atomic E-state index is 2.41. The number of rotatable bonds is 9. The van der Waals surface area contributed by atoms with Crippen LogP contribution in [0, 0.1) is 0 Å². The largest absolute Gasteiger partial charge is 0.311 e. The number of thiophene rings is 1. The van der Waals surface area contributed by atoms with Crippen LogP contribution in [0.2, 0.25) is 0 Å². The third-order valence-corrected chi connectivity index (χ3v) is 14.7. The Bertz CT molecular complexity index is 3880. The number of hydrogen-bond donors (Lipinski definition) is 0. The number of para-hydroxylation sites is 2. The molecule has 0 N–H and O–H groups in total. The molecule has 324 valence electrons. The molecule has 2 nitrogen and oxygen atoms in total. The van der Waals surface area contributed by atoms with Gasteiger partial charge in [0.15, 0.2) is 0 Å². The van der Waals surface area contributed by atoms with Gasteiger partial charge in [0.2, 0.25) is 0 Å². The SMILES string of the molecule is c1ccc(-c2ccc(N(c3ccc(-c4ccccc4)cc3)c3ccc(-c4cc(-c5ccc6c(c5)sc5ccccc56)cc(-c5cccc6c5c5ccccc5n6-c5ccccc5)c4)cc3)cc2)cc1. The molecule has 0 unspecified atom stereocenters. The van der Waals surface area contributed by atoms with Crippen molar-refractivity contribution < 1.29 is 0 Å². The molecule has 0 fully saturated rings. The Labute approximate surface area is 405 Å². The molecule has 0 bridgehead atoms. The van der Waals surface area contributed by atoms with Gasteiger partial charge in [-0.05, 0) is 147 Å². The maximum atomic E-state index is 2.41. The quantitative estimate of drug-likeness (QED) is 0.140. The molecule has 69 heavy (non-hydrogen) atoms. The minimum Gasteiger partial charge on any atom is -0.311 e. The first-order valence-corrected chi connectivity index (χ1v) is 24.4. The predicted octanol–water partition coefficient (Wildman–Crippen LogP) is 19.0.